The number of halogens is 2. The highest BCUT2D eigenvalue weighted by Crippen LogP contribution is 2.14. The molecule has 0 atom stereocenters. The van der Waals surface area contributed by atoms with Crippen molar-refractivity contribution in [3.05, 3.63) is 59.5 Å². The lowest BCUT2D eigenvalue weighted by Gasteiger charge is -2.23. The zero-order valence-electron chi connectivity index (χ0n) is 15.0. The Kier molecular flexibility index (Phi) is 8.60. The zero-order chi connectivity index (χ0) is 17.5. The molecule has 0 unspecified atom stereocenters. The molecule has 1 aromatic carbocycles. The number of guanidine groups is 1. The molecule has 0 saturated carbocycles. The third-order valence-corrected chi connectivity index (χ3v) is 3.63. The van der Waals surface area contributed by atoms with Gasteiger partial charge in [-0.15, -0.1) is 24.0 Å². The van der Waals surface area contributed by atoms with Crippen LogP contribution in [0.5, 0.6) is 0 Å². The molecule has 0 bridgehead atoms. The first-order valence-electron chi connectivity index (χ1n) is 7.78. The summed E-state index contributed by atoms with van der Waals surface area (Å²) in [4.78, 5) is 12.7. The van der Waals surface area contributed by atoms with Gasteiger partial charge in [-0.2, -0.15) is 0 Å². The fourth-order valence-corrected chi connectivity index (χ4v) is 2.47. The SMILES string of the molecule is CN=C(NCc1cccnc1N(C)C)N(C)Cc1ccc(F)cc1.I. The highest BCUT2D eigenvalue weighted by atomic mass is 127. The van der Waals surface area contributed by atoms with Gasteiger partial charge >= 0.3 is 0 Å². The van der Waals surface area contributed by atoms with Gasteiger partial charge in [0.25, 0.3) is 0 Å². The number of pyridine rings is 1. The smallest absolute Gasteiger partial charge is 0.193 e. The fourth-order valence-electron chi connectivity index (χ4n) is 2.47. The van der Waals surface area contributed by atoms with Crippen molar-refractivity contribution in [2.45, 2.75) is 13.1 Å². The first-order chi connectivity index (χ1) is 11.5. The van der Waals surface area contributed by atoms with Gasteiger partial charge in [0, 0.05) is 53.0 Å². The average molecular weight is 457 g/mol. The Bertz CT molecular complexity index is 688. The molecule has 7 heteroatoms. The number of aliphatic imine (C=N–C) groups is 1. The van der Waals surface area contributed by atoms with Gasteiger partial charge < -0.3 is 15.1 Å². The Labute approximate surface area is 166 Å². The maximum atomic E-state index is 13.0. The first-order valence-corrected chi connectivity index (χ1v) is 7.78. The predicted octanol–water partition coefficient (Wildman–Crippen LogP) is 3.11. The molecule has 25 heavy (non-hydrogen) atoms. The third kappa shape index (κ3) is 6.15. The van der Waals surface area contributed by atoms with Gasteiger partial charge in [-0.25, -0.2) is 9.37 Å². The molecule has 0 aliphatic rings. The van der Waals surface area contributed by atoms with E-state index in [1.807, 2.05) is 43.1 Å². The van der Waals surface area contributed by atoms with Crippen molar-refractivity contribution < 1.29 is 4.39 Å². The van der Waals surface area contributed by atoms with E-state index < -0.39 is 0 Å². The Morgan fingerprint density at radius 1 is 1.16 bits per heavy atom. The van der Waals surface area contributed by atoms with Crippen LogP contribution in [0.2, 0.25) is 0 Å². The number of hydrogen-bond acceptors (Lipinski definition) is 3. The maximum absolute atomic E-state index is 13.0. The second-order valence-electron chi connectivity index (χ2n) is 5.76. The van der Waals surface area contributed by atoms with E-state index in [2.05, 4.69) is 15.3 Å². The predicted molar refractivity (Wildman–Crippen MR) is 112 cm³/mol. The molecule has 1 aromatic heterocycles. The van der Waals surface area contributed by atoms with Crippen molar-refractivity contribution in [2.75, 3.05) is 33.1 Å². The van der Waals surface area contributed by atoms with Crippen molar-refractivity contribution in [2.24, 2.45) is 4.99 Å². The van der Waals surface area contributed by atoms with E-state index in [0.717, 1.165) is 22.9 Å². The lowest BCUT2D eigenvalue weighted by molar-refractivity contribution is 0.476. The Balaban J connectivity index is 0.00000312. The lowest BCUT2D eigenvalue weighted by atomic mass is 10.2. The summed E-state index contributed by atoms with van der Waals surface area (Å²) in [5, 5.41) is 3.35. The van der Waals surface area contributed by atoms with Crippen molar-refractivity contribution in [3.63, 3.8) is 0 Å². The van der Waals surface area contributed by atoms with E-state index >= 15 is 0 Å². The second kappa shape index (κ2) is 10.2. The molecule has 0 fully saturated rings. The van der Waals surface area contributed by atoms with Crippen molar-refractivity contribution in [1.82, 2.24) is 15.2 Å². The van der Waals surface area contributed by atoms with Gasteiger partial charge in [-0.1, -0.05) is 18.2 Å². The summed E-state index contributed by atoms with van der Waals surface area (Å²) < 4.78 is 13.0. The number of rotatable bonds is 5. The largest absolute Gasteiger partial charge is 0.362 e. The summed E-state index contributed by atoms with van der Waals surface area (Å²) in [5.41, 5.74) is 2.12. The Morgan fingerprint density at radius 2 is 1.84 bits per heavy atom. The summed E-state index contributed by atoms with van der Waals surface area (Å²) in [7, 11) is 7.65. The number of nitrogens with zero attached hydrogens (tertiary/aromatic N) is 4. The molecule has 0 saturated heterocycles. The molecule has 0 radical (unpaired) electrons. The maximum Gasteiger partial charge on any atom is 0.193 e. The summed E-state index contributed by atoms with van der Waals surface area (Å²) in [6, 6.07) is 10.5. The number of nitrogens with one attached hydrogen (secondary N) is 1. The molecule has 0 amide bonds. The van der Waals surface area contributed by atoms with Crippen molar-refractivity contribution >= 4 is 35.8 Å². The van der Waals surface area contributed by atoms with Crippen LogP contribution in [0.25, 0.3) is 0 Å². The Morgan fingerprint density at radius 3 is 2.44 bits per heavy atom. The van der Waals surface area contributed by atoms with E-state index in [4.69, 9.17) is 0 Å². The molecule has 2 aromatic rings. The van der Waals surface area contributed by atoms with E-state index in [0.29, 0.717) is 13.1 Å². The second-order valence-corrected chi connectivity index (χ2v) is 5.76. The molecule has 0 aliphatic heterocycles. The van der Waals surface area contributed by atoms with Crippen LogP contribution >= 0.6 is 24.0 Å². The van der Waals surface area contributed by atoms with E-state index in [1.54, 1.807) is 25.4 Å². The highest BCUT2D eigenvalue weighted by Gasteiger charge is 2.09. The van der Waals surface area contributed by atoms with Gasteiger partial charge in [-0.3, -0.25) is 4.99 Å². The van der Waals surface area contributed by atoms with E-state index in [1.165, 1.54) is 12.1 Å². The summed E-state index contributed by atoms with van der Waals surface area (Å²) in [6.07, 6.45) is 1.79. The standard InChI is InChI=1S/C18H24FN5.HI/c1-20-18(24(4)13-14-7-9-16(19)10-8-14)22-12-15-6-5-11-21-17(15)23(2)3;/h5-11H,12-13H2,1-4H3,(H,20,22);1H. The van der Waals surface area contributed by atoms with Crippen LogP contribution in [-0.4, -0.2) is 44.0 Å². The van der Waals surface area contributed by atoms with E-state index in [-0.39, 0.29) is 29.8 Å². The molecule has 136 valence electrons. The van der Waals surface area contributed by atoms with Crippen LogP contribution in [0.3, 0.4) is 0 Å². The van der Waals surface area contributed by atoms with Gasteiger partial charge in [0.1, 0.15) is 11.6 Å². The van der Waals surface area contributed by atoms with Crippen molar-refractivity contribution in [3.8, 4) is 0 Å². The van der Waals surface area contributed by atoms with Crippen LogP contribution in [0.4, 0.5) is 10.2 Å². The minimum absolute atomic E-state index is 0. The summed E-state index contributed by atoms with van der Waals surface area (Å²) in [6.45, 7) is 1.27. The topological polar surface area (TPSA) is 43.8 Å². The highest BCUT2D eigenvalue weighted by molar-refractivity contribution is 14.0. The molecular formula is C18H25FIN5. The zero-order valence-corrected chi connectivity index (χ0v) is 17.4. The molecule has 5 nitrogen and oxygen atoms in total. The molecule has 1 N–H and O–H groups in total. The number of anilines is 1. The van der Waals surface area contributed by atoms with Crippen LogP contribution in [-0.2, 0) is 13.1 Å². The van der Waals surface area contributed by atoms with Crippen LogP contribution < -0.4 is 10.2 Å². The first kappa shape index (κ1) is 21.1. The third-order valence-electron chi connectivity index (χ3n) is 3.63. The van der Waals surface area contributed by atoms with Crippen LogP contribution in [0.1, 0.15) is 11.1 Å². The number of hydrogen-bond donors (Lipinski definition) is 1. The monoisotopic (exact) mass is 457 g/mol. The number of benzene rings is 1. The summed E-state index contributed by atoms with van der Waals surface area (Å²) in [5.74, 6) is 1.48. The van der Waals surface area contributed by atoms with Crippen molar-refractivity contribution in [1.29, 1.82) is 0 Å². The normalized spacial score (nSPS) is 10.8. The van der Waals surface area contributed by atoms with Gasteiger partial charge in [0.2, 0.25) is 0 Å². The molecule has 0 aliphatic carbocycles. The molecular weight excluding hydrogens is 432 g/mol. The summed E-state index contributed by atoms with van der Waals surface area (Å²) >= 11 is 0. The van der Waals surface area contributed by atoms with Gasteiger partial charge in [0.15, 0.2) is 5.96 Å². The number of aromatic nitrogens is 1. The minimum Gasteiger partial charge on any atom is -0.362 e. The van der Waals surface area contributed by atoms with Gasteiger partial charge in [-0.05, 0) is 23.8 Å². The quantitative estimate of drug-likeness (QED) is 0.426. The van der Waals surface area contributed by atoms with Crippen LogP contribution in [0.15, 0.2) is 47.6 Å². The molecule has 0 spiro atoms. The van der Waals surface area contributed by atoms with E-state index in [9.17, 15) is 4.39 Å². The average Bonchev–Trinajstić information content (AvgIpc) is 2.57. The fraction of sp³-hybridized carbons (Fsp3) is 0.333. The molecule has 1 heterocycles. The lowest BCUT2D eigenvalue weighted by Crippen LogP contribution is -2.38. The van der Waals surface area contributed by atoms with Crippen LogP contribution in [0, 0.1) is 5.82 Å². The minimum atomic E-state index is -0.225. The molecule has 2 rings (SSSR count). The van der Waals surface area contributed by atoms with Gasteiger partial charge in [0.05, 0.1) is 0 Å². The Hall–Kier alpha value is -1.90.